The Kier molecular flexibility index (Phi) is 10.2. The smallest absolute Gasteiger partial charge is 0.240 e. The first-order valence-electron chi connectivity index (χ1n) is 8.90. The van der Waals surface area contributed by atoms with E-state index in [1.807, 2.05) is 9.78 Å². The van der Waals surface area contributed by atoms with Crippen molar-refractivity contribution < 1.29 is 125 Å². The Bertz CT molecular complexity index is 1020. The van der Waals surface area contributed by atoms with Crippen molar-refractivity contribution in [1.29, 1.82) is 0 Å². The number of halogens is 26. The molecule has 0 N–H and O–H groups in total. The fraction of sp³-hybridized carbons (Fsp3) is 0.857. The van der Waals surface area contributed by atoms with Crippen molar-refractivity contribution in [3.8, 4) is 0 Å². The fourth-order valence-electron chi connectivity index (χ4n) is 1.98. The summed E-state index contributed by atoms with van der Waals surface area (Å²) in [5.74, 6) is -93.4. The van der Waals surface area contributed by atoms with E-state index in [1.165, 1.54) is 0 Å². The molecule has 0 aromatic carbocycles. The number of carbonyl (C=O) groups is 2. The molecule has 0 heterocycles. The third kappa shape index (κ3) is 5.47. The Balaban J connectivity index is 6.46. The quantitative estimate of drug-likeness (QED) is 0.0877. The maximum atomic E-state index is 13.5. The number of hydrogen-bond donors (Lipinski definition) is 0. The van der Waals surface area contributed by atoms with Crippen LogP contribution in [0.5, 0.6) is 0 Å². The predicted octanol–water partition coefficient (Wildman–Crippen LogP) is 8.00. The lowest BCUT2D eigenvalue weighted by atomic mass is 9.94. The van der Waals surface area contributed by atoms with Crippen molar-refractivity contribution in [2.24, 2.45) is 0 Å². The molecule has 0 aromatic heterocycles. The van der Waals surface area contributed by atoms with Crippen LogP contribution in [0.1, 0.15) is 0 Å². The minimum absolute atomic E-state index is 1.82. The average Bonchev–Trinajstić information content (AvgIpc) is 2.79. The maximum Gasteiger partial charge on any atom is 0.431 e. The number of rotatable bonds is 12. The van der Waals surface area contributed by atoms with Crippen LogP contribution in [0.15, 0.2) is 0 Å². The molecule has 0 spiro atoms. The predicted molar refractivity (Wildman–Crippen MR) is 83.3 cm³/mol. The van der Waals surface area contributed by atoms with Gasteiger partial charge in [-0.15, -0.1) is 0 Å². The van der Waals surface area contributed by atoms with Crippen molar-refractivity contribution in [2.75, 3.05) is 0 Å². The van der Waals surface area contributed by atoms with Gasteiger partial charge in [-0.3, -0.25) is 0 Å². The molecule has 0 radical (unpaired) electrons. The van der Waals surface area contributed by atoms with Crippen LogP contribution >= 0.6 is 23.2 Å². The molecule has 0 saturated carbocycles. The molecule has 0 saturated heterocycles. The lowest BCUT2D eigenvalue weighted by Gasteiger charge is -2.39. The van der Waals surface area contributed by atoms with Crippen LogP contribution in [0.4, 0.5) is 105 Å². The monoisotopic (exact) mass is 758 g/mol. The summed E-state index contributed by atoms with van der Waals surface area (Å²) >= 11 is 6.64. The molecule has 44 heavy (non-hydrogen) atoms. The summed E-state index contributed by atoms with van der Waals surface area (Å²) in [5.41, 5.74) is 0. The van der Waals surface area contributed by atoms with E-state index in [2.05, 4.69) is 23.2 Å². The van der Waals surface area contributed by atoms with Crippen LogP contribution in [-0.4, -0.2) is 81.9 Å². The third-order valence-corrected chi connectivity index (χ3v) is 5.05. The molecule has 0 unspecified atom stereocenters. The first-order valence-corrected chi connectivity index (χ1v) is 9.65. The Morgan fingerprint density at radius 1 is 0.318 bits per heavy atom. The van der Waals surface area contributed by atoms with Gasteiger partial charge in [-0.1, -0.05) is 0 Å². The van der Waals surface area contributed by atoms with Crippen LogP contribution in [-0.2, 0) is 19.4 Å². The SMILES string of the molecule is O=C(OOC(=O)C(F)(F)C(F)(F)C(F)(F)C(F)(F)C(F)(F)C(F)(F)Cl)C(F)(F)C(F)(F)C(F)(F)C(F)(F)C(F)(F)C(F)(F)Cl. The lowest BCUT2D eigenvalue weighted by molar-refractivity contribution is -0.419. The highest BCUT2D eigenvalue weighted by Crippen LogP contribution is 2.62. The van der Waals surface area contributed by atoms with E-state index in [0.29, 0.717) is 0 Å². The second-order valence-corrected chi connectivity index (χ2v) is 8.43. The fourth-order valence-corrected chi connectivity index (χ4v) is 2.21. The van der Waals surface area contributed by atoms with Gasteiger partial charge in [0.15, 0.2) is 0 Å². The molecule has 0 atom stereocenters. The summed E-state index contributed by atoms with van der Waals surface area (Å²) < 4.78 is 315. The molecule has 0 amide bonds. The Morgan fingerprint density at radius 3 is 0.636 bits per heavy atom. The molecule has 0 aliphatic heterocycles. The number of alkyl halides is 26. The van der Waals surface area contributed by atoms with Gasteiger partial charge in [0.2, 0.25) is 0 Å². The summed E-state index contributed by atoms with van der Waals surface area (Å²) in [5, 5.41) is -14.0. The molecule has 4 nitrogen and oxygen atoms in total. The highest BCUT2D eigenvalue weighted by Gasteiger charge is 2.93. The third-order valence-electron chi connectivity index (χ3n) is 4.57. The van der Waals surface area contributed by atoms with Gasteiger partial charge in [0, 0.05) is 0 Å². The van der Waals surface area contributed by atoms with E-state index in [4.69, 9.17) is 0 Å². The molecule has 0 aromatic rings. The maximum absolute atomic E-state index is 13.5. The van der Waals surface area contributed by atoms with Crippen molar-refractivity contribution in [2.45, 2.75) is 70.0 Å². The normalized spacial score (nSPS) is 16.1. The minimum Gasteiger partial charge on any atom is -0.240 e. The lowest BCUT2D eigenvalue weighted by Crippen LogP contribution is -2.71. The molecule has 0 bridgehead atoms. The van der Waals surface area contributed by atoms with Crippen molar-refractivity contribution in [3.05, 3.63) is 0 Å². The second-order valence-electron chi connectivity index (χ2n) is 7.48. The molecule has 30 heteroatoms. The Morgan fingerprint density at radius 2 is 0.477 bits per heavy atom. The van der Waals surface area contributed by atoms with Crippen LogP contribution in [0.2, 0.25) is 0 Å². The van der Waals surface area contributed by atoms with Crippen LogP contribution < -0.4 is 0 Å². The summed E-state index contributed by atoms with van der Waals surface area (Å²) in [7, 11) is 0. The van der Waals surface area contributed by atoms with E-state index in [1.54, 1.807) is 0 Å². The van der Waals surface area contributed by atoms with Crippen molar-refractivity contribution in [1.82, 2.24) is 0 Å². The van der Waals surface area contributed by atoms with Gasteiger partial charge in [0.1, 0.15) is 0 Å². The van der Waals surface area contributed by atoms with Gasteiger partial charge in [-0.05, 0) is 23.2 Å². The van der Waals surface area contributed by atoms with E-state index in [-0.39, 0.29) is 0 Å². The van der Waals surface area contributed by atoms with E-state index >= 15 is 0 Å². The van der Waals surface area contributed by atoms with Gasteiger partial charge >= 0.3 is 81.9 Å². The van der Waals surface area contributed by atoms with E-state index in [0.717, 1.165) is 0 Å². The summed E-state index contributed by atoms with van der Waals surface area (Å²) in [6.45, 7) is 0. The Labute approximate surface area is 231 Å². The first kappa shape index (κ1) is 41.8. The van der Waals surface area contributed by atoms with Gasteiger partial charge in [-0.25, -0.2) is 19.4 Å². The van der Waals surface area contributed by atoms with Gasteiger partial charge < -0.3 is 0 Å². The van der Waals surface area contributed by atoms with Gasteiger partial charge in [-0.2, -0.15) is 105 Å². The van der Waals surface area contributed by atoms with Crippen LogP contribution in [0.3, 0.4) is 0 Å². The average molecular weight is 759 g/mol. The standard InChI is InChI=1S/C14Cl2F24O4/c15-13(37,38)11(33,34)9(29,30)7(25,26)5(21,22)3(17,18)1(41)43-44-2(42)4(19,20)6(23,24)8(27,28)10(31,32)12(35,36)14(16,39)40. The van der Waals surface area contributed by atoms with Crippen LogP contribution in [0, 0.1) is 0 Å². The zero-order chi connectivity index (χ0) is 36.6. The van der Waals surface area contributed by atoms with E-state index in [9.17, 15) is 115 Å². The molecular weight excluding hydrogens is 759 g/mol. The first-order chi connectivity index (χ1) is 18.5. The molecule has 262 valence electrons. The summed E-state index contributed by atoms with van der Waals surface area (Å²) in [6, 6.07) is 0. The second kappa shape index (κ2) is 10.7. The number of hydrogen-bond acceptors (Lipinski definition) is 4. The van der Waals surface area contributed by atoms with Gasteiger partial charge in [0.05, 0.1) is 0 Å². The molecule has 0 rings (SSSR count). The highest BCUT2D eigenvalue weighted by atomic mass is 35.5. The summed E-state index contributed by atoms with van der Waals surface area (Å²) in [6.07, 6.45) is 0. The largest absolute Gasteiger partial charge is 0.431 e. The number of carbonyl (C=O) groups excluding carboxylic acids is 2. The summed E-state index contributed by atoms with van der Waals surface area (Å²) in [4.78, 5) is 25.3. The van der Waals surface area contributed by atoms with Crippen molar-refractivity contribution >= 4 is 35.1 Å². The zero-order valence-corrected chi connectivity index (χ0v) is 20.0. The molecule has 0 aliphatic rings. The minimum atomic E-state index is -8.64. The van der Waals surface area contributed by atoms with Crippen molar-refractivity contribution in [3.63, 3.8) is 0 Å². The molecule has 0 fully saturated rings. The highest BCUT2D eigenvalue weighted by molar-refractivity contribution is 6.22. The van der Waals surface area contributed by atoms with E-state index < -0.39 is 81.9 Å². The van der Waals surface area contributed by atoms with Gasteiger partial charge in [0.25, 0.3) is 0 Å². The molecular formula is C14Cl2F24O4. The van der Waals surface area contributed by atoms with Crippen LogP contribution in [0.25, 0.3) is 0 Å². The zero-order valence-electron chi connectivity index (χ0n) is 18.5. The Hall–Kier alpha value is -2.16. The topological polar surface area (TPSA) is 52.6 Å². The molecule has 0 aliphatic carbocycles.